The van der Waals surface area contributed by atoms with Crippen molar-refractivity contribution in [2.24, 2.45) is 5.14 Å². The first-order chi connectivity index (χ1) is 4.84. The van der Waals surface area contributed by atoms with Gasteiger partial charge in [0.05, 0.1) is 11.9 Å². The van der Waals surface area contributed by atoms with E-state index in [1.54, 1.807) is 4.57 Å². The van der Waals surface area contributed by atoms with E-state index >= 15 is 0 Å². The van der Waals surface area contributed by atoms with Crippen LogP contribution in [0.15, 0.2) is 30.6 Å². The van der Waals surface area contributed by atoms with Crippen LogP contribution >= 0.6 is 11.9 Å². The molecule has 0 aliphatic carbocycles. The lowest BCUT2D eigenvalue weighted by Crippen LogP contribution is -2.39. The highest BCUT2D eigenvalue weighted by Gasteiger charge is 2.19. The summed E-state index contributed by atoms with van der Waals surface area (Å²) in [6.07, 6.45) is 3.73. The van der Waals surface area contributed by atoms with E-state index in [9.17, 15) is 0 Å². The predicted molar refractivity (Wildman–Crippen MR) is 46.2 cm³/mol. The molecular formula is C6H7N2S2+2. The third kappa shape index (κ3) is 1.76. The zero-order valence-electron chi connectivity index (χ0n) is 5.23. The van der Waals surface area contributed by atoms with E-state index in [0.717, 1.165) is 11.9 Å². The van der Waals surface area contributed by atoms with Crippen molar-refractivity contribution in [3.05, 3.63) is 30.6 Å². The largest absolute Gasteiger partial charge is 0.627 e. The molecule has 10 heavy (non-hydrogen) atoms. The Kier molecular flexibility index (Phi) is 2.80. The van der Waals surface area contributed by atoms with Crippen LogP contribution in [0.4, 0.5) is 0 Å². The van der Waals surface area contributed by atoms with Gasteiger partial charge in [0.2, 0.25) is 0 Å². The normalized spacial score (nSPS) is 9.30. The van der Waals surface area contributed by atoms with Crippen LogP contribution in [0.2, 0.25) is 0 Å². The molecule has 0 bridgehead atoms. The van der Waals surface area contributed by atoms with Gasteiger partial charge in [0.1, 0.15) is 0 Å². The van der Waals surface area contributed by atoms with Crippen LogP contribution in [-0.2, 0) is 12.2 Å². The average molecular weight is 171 g/mol. The summed E-state index contributed by atoms with van der Waals surface area (Å²) in [6, 6.07) is 5.74. The van der Waals surface area contributed by atoms with E-state index in [1.807, 2.05) is 30.6 Å². The van der Waals surface area contributed by atoms with Crippen molar-refractivity contribution in [1.82, 2.24) is 0 Å². The first kappa shape index (κ1) is 7.65. The lowest BCUT2D eigenvalue weighted by molar-refractivity contribution is -0.546. The fourth-order valence-electron chi connectivity index (χ4n) is 0.581. The second-order valence-electron chi connectivity index (χ2n) is 1.67. The molecule has 4 heteroatoms. The van der Waals surface area contributed by atoms with Gasteiger partial charge in [-0.15, -0.1) is 4.57 Å². The number of hydrogen-bond donors (Lipinski definition) is 1. The van der Waals surface area contributed by atoms with E-state index in [2.05, 4.69) is 0 Å². The van der Waals surface area contributed by atoms with E-state index in [-0.39, 0.29) is 0 Å². The van der Waals surface area contributed by atoms with Crippen molar-refractivity contribution in [3.8, 4) is 0 Å². The molecule has 0 spiro atoms. The maximum absolute atomic E-state index is 5.26. The van der Waals surface area contributed by atoms with Gasteiger partial charge in [-0.3, -0.25) is 5.14 Å². The van der Waals surface area contributed by atoms with Crippen LogP contribution in [0, 0.1) is 0 Å². The van der Waals surface area contributed by atoms with Gasteiger partial charge in [-0.05, 0) is 0 Å². The number of nitrogens with two attached hydrogens (primary N) is 1. The number of rotatable bonds is 0. The van der Waals surface area contributed by atoms with Crippen molar-refractivity contribution < 1.29 is 4.57 Å². The molecule has 2 N–H and O–H groups in total. The van der Waals surface area contributed by atoms with Crippen LogP contribution in [0.25, 0.3) is 0 Å². The minimum atomic E-state index is 0.653. The second-order valence-corrected chi connectivity index (χ2v) is 2.93. The third-order valence-corrected chi connectivity index (χ3v) is 1.94. The Bertz CT molecular complexity index is 222. The topological polar surface area (TPSA) is 29.9 Å². The lowest BCUT2D eigenvalue weighted by Gasteiger charge is -1.81. The van der Waals surface area contributed by atoms with Gasteiger partial charge in [-0.2, -0.15) is 0 Å². The van der Waals surface area contributed by atoms with Gasteiger partial charge in [-0.1, -0.05) is 6.07 Å². The van der Waals surface area contributed by atoms with Crippen molar-refractivity contribution in [2.45, 2.75) is 0 Å². The molecule has 51 valence electrons. The monoisotopic (exact) mass is 171 g/mol. The Morgan fingerprint density at radius 3 is 2.40 bits per heavy atom. The van der Waals surface area contributed by atoms with Gasteiger partial charge in [-0.25, -0.2) is 0 Å². The van der Waals surface area contributed by atoms with Crippen molar-refractivity contribution >= 4 is 28.5 Å². The maximum Gasteiger partial charge on any atom is 0.627 e. The quantitative estimate of drug-likeness (QED) is 0.259. The minimum Gasteiger partial charge on any atom is -0.264 e. The fourth-order valence-corrected chi connectivity index (χ4v) is 0.946. The lowest BCUT2D eigenvalue weighted by atomic mass is 10.5. The molecule has 2 nitrogen and oxygen atoms in total. The molecule has 1 rings (SSSR count). The zero-order valence-corrected chi connectivity index (χ0v) is 6.86. The number of nitrogens with zero attached hydrogens (tertiary/aromatic N) is 1. The Morgan fingerprint density at radius 1 is 1.30 bits per heavy atom. The number of hydrogen-bond acceptors (Lipinski definition) is 3. The Hall–Kier alpha value is -0.450. The Morgan fingerprint density at radius 2 is 1.90 bits per heavy atom. The van der Waals surface area contributed by atoms with Gasteiger partial charge in [0, 0.05) is 12.1 Å². The summed E-state index contributed by atoms with van der Waals surface area (Å²) in [5.41, 5.74) is 0. The highest BCUT2D eigenvalue weighted by atomic mass is 32.2. The van der Waals surface area contributed by atoms with Gasteiger partial charge >= 0.3 is 16.5 Å². The SMILES string of the molecule is NSC(=[S+])[n+]1ccccc1. The standard InChI is InChI=1S/C6H7N2S2/c7-10-6(9)8-4-2-1-3-5-8/h1-5H,7H2/q+2. The molecule has 1 aromatic rings. The molecule has 1 radical (unpaired) electrons. The molecule has 1 aromatic heterocycles. The number of thiocarbonyl (C=S) groups is 1. The van der Waals surface area contributed by atoms with Crippen molar-refractivity contribution in [1.29, 1.82) is 0 Å². The van der Waals surface area contributed by atoms with E-state index in [1.165, 1.54) is 0 Å². The summed E-state index contributed by atoms with van der Waals surface area (Å²) in [5.74, 6) is 0. The molecule has 0 aliphatic rings. The smallest absolute Gasteiger partial charge is 0.264 e. The third-order valence-electron chi connectivity index (χ3n) is 1.03. The average Bonchev–Trinajstić information content (AvgIpc) is 2.05. The van der Waals surface area contributed by atoms with E-state index in [4.69, 9.17) is 17.4 Å². The van der Waals surface area contributed by atoms with Crippen molar-refractivity contribution in [3.63, 3.8) is 0 Å². The van der Waals surface area contributed by atoms with Gasteiger partial charge < -0.3 is 0 Å². The second kappa shape index (κ2) is 3.65. The molecule has 0 amide bonds. The maximum atomic E-state index is 5.26. The molecule has 0 saturated heterocycles. The van der Waals surface area contributed by atoms with E-state index in [0.29, 0.717) is 4.32 Å². The van der Waals surface area contributed by atoms with Crippen LogP contribution in [-0.4, -0.2) is 4.32 Å². The predicted octanol–water partition coefficient (Wildman–Crippen LogP) is 0.0634. The summed E-state index contributed by atoms with van der Waals surface area (Å²) >= 11 is 5.99. The van der Waals surface area contributed by atoms with Crippen LogP contribution in [0.5, 0.6) is 0 Å². The molecule has 0 aliphatic heterocycles. The molecule has 1 heterocycles. The fraction of sp³-hybridized carbons (Fsp3) is 0. The number of aromatic nitrogens is 1. The van der Waals surface area contributed by atoms with Crippen molar-refractivity contribution in [2.75, 3.05) is 0 Å². The molecule has 0 fully saturated rings. The summed E-state index contributed by atoms with van der Waals surface area (Å²) in [4.78, 5) is 0. The summed E-state index contributed by atoms with van der Waals surface area (Å²) in [6.45, 7) is 0. The Balaban J connectivity index is 2.85. The van der Waals surface area contributed by atoms with Crippen LogP contribution in [0.3, 0.4) is 0 Å². The highest BCUT2D eigenvalue weighted by Crippen LogP contribution is 1.84. The highest BCUT2D eigenvalue weighted by molar-refractivity contribution is 8.17. The zero-order chi connectivity index (χ0) is 7.40. The Labute approximate surface area is 69.2 Å². The van der Waals surface area contributed by atoms with E-state index < -0.39 is 0 Å². The molecular weight excluding hydrogens is 164 g/mol. The summed E-state index contributed by atoms with van der Waals surface area (Å²) in [7, 11) is 0. The molecule has 0 atom stereocenters. The van der Waals surface area contributed by atoms with Crippen LogP contribution in [0.1, 0.15) is 0 Å². The van der Waals surface area contributed by atoms with Gasteiger partial charge in [0.15, 0.2) is 12.4 Å². The van der Waals surface area contributed by atoms with Crippen LogP contribution < -0.4 is 9.71 Å². The molecule has 0 unspecified atom stereocenters. The first-order valence-corrected chi connectivity index (χ1v) is 4.01. The summed E-state index contributed by atoms with van der Waals surface area (Å²) in [5, 5.41) is 5.26. The molecule has 0 saturated carbocycles. The van der Waals surface area contributed by atoms with Gasteiger partial charge in [0.25, 0.3) is 0 Å². The molecule has 0 aromatic carbocycles. The first-order valence-electron chi connectivity index (χ1n) is 2.72. The minimum absolute atomic E-state index is 0.653. The summed E-state index contributed by atoms with van der Waals surface area (Å²) < 4.78 is 2.45. The number of pyridine rings is 1.